The van der Waals surface area contributed by atoms with Crippen LogP contribution < -0.4 is 0 Å². The molecule has 0 atom stereocenters. The monoisotopic (exact) mass is 404 g/mol. The van der Waals surface area contributed by atoms with Crippen LogP contribution in [0.3, 0.4) is 0 Å². The van der Waals surface area contributed by atoms with Crippen LogP contribution in [-0.4, -0.2) is 0 Å². The third kappa shape index (κ3) is 2.24. The fraction of sp³-hybridized carbons (Fsp3) is 0.172. The van der Waals surface area contributed by atoms with Crippen LogP contribution in [0.1, 0.15) is 48.6 Å². The average molecular weight is 405 g/mol. The van der Waals surface area contributed by atoms with E-state index in [0.717, 1.165) is 0 Å². The van der Waals surface area contributed by atoms with Crippen LogP contribution in [0.15, 0.2) is 101 Å². The fourth-order valence-corrected chi connectivity index (χ4v) is 6.51. The highest BCUT2D eigenvalue weighted by Crippen LogP contribution is 2.62. The molecule has 2 aliphatic rings. The first kappa shape index (κ1) is 18.0. The predicted molar refractivity (Wildman–Crippen MR) is 127 cm³/mol. The van der Waals surface area contributed by atoms with E-state index in [2.05, 4.69) is 112 Å². The first-order chi connectivity index (χ1) is 14.5. The maximum absolute atomic E-state index is 2.48. The molecule has 0 saturated heterocycles. The molecule has 1 heterocycles. The van der Waals surface area contributed by atoms with Gasteiger partial charge in [0.05, 0.1) is 5.41 Å². The van der Waals surface area contributed by atoms with E-state index >= 15 is 0 Å². The Bertz CT molecular complexity index is 1260. The Morgan fingerprint density at radius 2 is 1.10 bits per heavy atom. The van der Waals surface area contributed by atoms with Gasteiger partial charge in [0.1, 0.15) is 0 Å². The SMILES string of the molecule is CC(C)(C)c1ccc2c(c1)C1(c3ccccc3Sc3ccccc31)c1ccccc1-2. The summed E-state index contributed by atoms with van der Waals surface area (Å²) < 4.78 is 0. The fourth-order valence-electron chi connectivity index (χ4n) is 5.32. The largest absolute Gasteiger partial charge is 0.0894 e. The molecule has 4 aromatic rings. The minimum Gasteiger partial charge on any atom is -0.0894 e. The highest BCUT2D eigenvalue weighted by atomic mass is 32.2. The van der Waals surface area contributed by atoms with Crippen LogP contribution in [0.4, 0.5) is 0 Å². The lowest BCUT2D eigenvalue weighted by molar-refractivity contribution is 0.587. The second-order valence-electron chi connectivity index (χ2n) is 9.40. The van der Waals surface area contributed by atoms with E-state index in [1.54, 1.807) is 0 Å². The summed E-state index contributed by atoms with van der Waals surface area (Å²) in [5, 5.41) is 0. The average Bonchev–Trinajstić information content (AvgIpc) is 3.04. The first-order valence-corrected chi connectivity index (χ1v) is 11.4. The molecule has 0 radical (unpaired) electrons. The van der Waals surface area contributed by atoms with Crippen LogP contribution in [0.5, 0.6) is 0 Å². The molecular weight excluding hydrogens is 380 g/mol. The summed E-state index contributed by atoms with van der Waals surface area (Å²) in [6.07, 6.45) is 0. The minimum absolute atomic E-state index is 0.105. The lowest BCUT2D eigenvalue weighted by Gasteiger charge is -2.40. The molecule has 1 aliphatic carbocycles. The van der Waals surface area contributed by atoms with Gasteiger partial charge in [-0.05, 0) is 56.5 Å². The maximum atomic E-state index is 2.48. The molecule has 0 aromatic heterocycles. The zero-order valence-electron chi connectivity index (χ0n) is 17.6. The van der Waals surface area contributed by atoms with Gasteiger partial charge in [-0.2, -0.15) is 0 Å². The van der Waals surface area contributed by atoms with E-state index in [1.807, 2.05) is 11.8 Å². The van der Waals surface area contributed by atoms with Crippen LogP contribution in [-0.2, 0) is 10.8 Å². The van der Waals surface area contributed by atoms with Gasteiger partial charge < -0.3 is 0 Å². The summed E-state index contributed by atoms with van der Waals surface area (Å²) in [5.41, 5.74) is 9.62. The topological polar surface area (TPSA) is 0 Å². The van der Waals surface area contributed by atoms with Gasteiger partial charge in [0.25, 0.3) is 0 Å². The summed E-state index contributed by atoms with van der Waals surface area (Å²) in [6.45, 7) is 6.92. The number of hydrogen-bond acceptors (Lipinski definition) is 1. The van der Waals surface area contributed by atoms with E-state index in [0.29, 0.717) is 0 Å². The van der Waals surface area contributed by atoms with E-state index in [4.69, 9.17) is 0 Å². The molecule has 146 valence electrons. The maximum Gasteiger partial charge on any atom is 0.0735 e. The summed E-state index contributed by atoms with van der Waals surface area (Å²) >= 11 is 1.90. The lowest BCUT2D eigenvalue weighted by Crippen LogP contribution is -2.32. The van der Waals surface area contributed by atoms with Crippen LogP contribution in [0, 0.1) is 0 Å². The smallest absolute Gasteiger partial charge is 0.0735 e. The molecule has 0 nitrogen and oxygen atoms in total. The second-order valence-corrected chi connectivity index (χ2v) is 10.5. The van der Waals surface area contributed by atoms with Crippen LogP contribution in [0.25, 0.3) is 11.1 Å². The molecule has 1 aliphatic heterocycles. The number of fused-ring (bicyclic) bond motifs is 9. The van der Waals surface area contributed by atoms with Crippen molar-refractivity contribution >= 4 is 11.8 Å². The Morgan fingerprint density at radius 3 is 1.73 bits per heavy atom. The Balaban J connectivity index is 1.82. The Morgan fingerprint density at radius 1 is 0.567 bits per heavy atom. The number of benzene rings is 4. The molecule has 0 saturated carbocycles. The summed E-state index contributed by atoms with van der Waals surface area (Å²) in [4.78, 5) is 2.72. The summed E-state index contributed by atoms with van der Waals surface area (Å²) in [6, 6.07) is 34.2. The Hall–Kier alpha value is -2.77. The van der Waals surface area contributed by atoms with Crippen molar-refractivity contribution in [2.75, 3.05) is 0 Å². The van der Waals surface area contributed by atoms with Gasteiger partial charge >= 0.3 is 0 Å². The van der Waals surface area contributed by atoms with Gasteiger partial charge in [0.15, 0.2) is 0 Å². The number of rotatable bonds is 0. The highest BCUT2D eigenvalue weighted by Gasteiger charge is 2.50. The van der Waals surface area contributed by atoms with Gasteiger partial charge in [-0.1, -0.05) is 111 Å². The quantitative estimate of drug-likeness (QED) is 0.249. The molecule has 6 rings (SSSR count). The van der Waals surface area contributed by atoms with Crippen LogP contribution in [0.2, 0.25) is 0 Å². The van der Waals surface area contributed by atoms with Crippen molar-refractivity contribution in [2.24, 2.45) is 0 Å². The summed E-state index contributed by atoms with van der Waals surface area (Å²) in [5.74, 6) is 0. The van der Waals surface area contributed by atoms with E-state index in [1.165, 1.54) is 48.7 Å². The molecule has 0 fully saturated rings. The third-order valence-corrected chi connectivity index (χ3v) is 7.86. The first-order valence-electron chi connectivity index (χ1n) is 10.6. The van der Waals surface area contributed by atoms with Gasteiger partial charge in [-0.15, -0.1) is 0 Å². The lowest BCUT2D eigenvalue weighted by atomic mass is 9.66. The van der Waals surface area contributed by atoms with E-state index in [-0.39, 0.29) is 10.8 Å². The van der Waals surface area contributed by atoms with Crippen molar-refractivity contribution in [3.8, 4) is 11.1 Å². The molecule has 0 unspecified atom stereocenters. The molecule has 0 bridgehead atoms. The van der Waals surface area contributed by atoms with Gasteiger partial charge in [0.2, 0.25) is 0 Å². The van der Waals surface area contributed by atoms with E-state index in [9.17, 15) is 0 Å². The summed E-state index contributed by atoms with van der Waals surface area (Å²) in [7, 11) is 0. The van der Waals surface area contributed by atoms with Crippen molar-refractivity contribution in [2.45, 2.75) is 41.4 Å². The zero-order valence-corrected chi connectivity index (χ0v) is 18.4. The molecular formula is C29H24S. The molecule has 30 heavy (non-hydrogen) atoms. The second kappa shape index (κ2) is 6.12. The predicted octanol–water partition coefficient (Wildman–Crippen LogP) is 7.81. The standard InChI is InChI=1S/C29H24S/c1-28(2,3)19-16-17-21-20-10-4-5-11-22(20)29(25(21)18-19)23-12-6-8-14-26(23)30-27-15-9-7-13-24(27)29/h4-18H,1-3H3. The van der Waals surface area contributed by atoms with Crippen molar-refractivity contribution in [3.63, 3.8) is 0 Å². The molecule has 0 N–H and O–H groups in total. The van der Waals surface area contributed by atoms with Gasteiger partial charge in [-0.3, -0.25) is 0 Å². The molecule has 4 aromatic carbocycles. The Labute approximate surface area is 183 Å². The van der Waals surface area contributed by atoms with Crippen LogP contribution >= 0.6 is 11.8 Å². The zero-order chi connectivity index (χ0) is 20.5. The van der Waals surface area contributed by atoms with Crippen molar-refractivity contribution in [3.05, 3.63) is 119 Å². The molecule has 1 heteroatoms. The molecule has 1 spiro atoms. The normalized spacial score (nSPS) is 15.3. The van der Waals surface area contributed by atoms with Crippen molar-refractivity contribution < 1.29 is 0 Å². The van der Waals surface area contributed by atoms with Gasteiger partial charge in [0, 0.05) is 9.79 Å². The Kier molecular flexibility index (Phi) is 3.68. The van der Waals surface area contributed by atoms with Gasteiger partial charge in [-0.25, -0.2) is 0 Å². The highest BCUT2D eigenvalue weighted by molar-refractivity contribution is 7.99. The van der Waals surface area contributed by atoms with E-state index < -0.39 is 0 Å². The third-order valence-electron chi connectivity index (χ3n) is 6.71. The number of hydrogen-bond donors (Lipinski definition) is 0. The molecule has 0 amide bonds. The van der Waals surface area contributed by atoms with Crippen molar-refractivity contribution in [1.29, 1.82) is 0 Å². The minimum atomic E-state index is -0.258. The van der Waals surface area contributed by atoms with Crippen molar-refractivity contribution in [1.82, 2.24) is 0 Å².